The minimum atomic E-state index is -5.52. The smallest absolute Gasteiger partial charge is 0.493 e. The number of halogens is 3. The molecule has 0 aliphatic carbocycles. The Morgan fingerprint density at radius 3 is 2.50 bits per heavy atom. The summed E-state index contributed by atoms with van der Waals surface area (Å²) in [5, 5.41) is 13.3. The Morgan fingerprint density at radius 1 is 1.16 bits per heavy atom. The van der Waals surface area contributed by atoms with E-state index in [0.29, 0.717) is 30.2 Å². The Bertz CT molecular complexity index is 1360. The zero-order valence-corrected chi connectivity index (χ0v) is 17.1. The van der Waals surface area contributed by atoms with Crippen molar-refractivity contribution >= 4 is 15.7 Å². The molecule has 1 aliphatic rings. The van der Waals surface area contributed by atoms with Gasteiger partial charge in [0.1, 0.15) is 11.5 Å². The maximum Gasteiger partial charge on any atom is 0.501 e. The van der Waals surface area contributed by atoms with Crippen molar-refractivity contribution in [2.75, 3.05) is 13.1 Å². The minimum Gasteiger partial charge on any atom is -0.493 e. The minimum absolute atomic E-state index is 0.00676. The van der Waals surface area contributed by atoms with E-state index in [2.05, 4.69) is 15.3 Å². The Balaban J connectivity index is 1.63. The lowest BCUT2D eigenvalue weighted by molar-refractivity contribution is -0.0436. The van der Waals surface area contributed by atoms with Gasteiger partial charge < -0.3 is 10.4 Å². The van der Waals surface area contributed by atoms with Gasteiger partial charge in [0.05, 0.1) is 29.9 Å². The second-order valence-corrected chi connectivity index (χ2v) is 8.82. The van der Waals surface area contributed by atoms with Crippen molar-refractivity contribution in [3.63, 3.8) is 0 Å². The number of nitrogens with one attached hydrogen (secondary N) is 1. The molecule has 2 N–H and O–H groups in total. The molecular weight excluding hydrogens is 451 g/mol. The molecule has 3 heterocycles. The molecule has 2 aromatic heterocycles. The van der Waals surface area contributed by atoms with E-state index >= 15 is 0 Å². The monoisotopic (exact) mass is 467 g/mol. The van der Waals surface area contributed by atoms with E-state index in [1.807, 2.05) is 0 Å². The number of rotatable bonds is 5. The summed E-state index contributed by atoms with van der Waals surface area (Å²) in [6.45, 7) is 1.43. The van der Waals surface area contributed by atoms with E-state index in [4.69, 9.17) is 0 Å². The number of amidine groups is 1. The van der Waals surface area contributed by atoms with Crippen molar-refractivity contribution < 1.29 is 26.7 Å². The molecule has 9 nitrogen and oxygen atoms in total. The van der Waals surface area contributed by atoms with Gasteiger partial charge in [0.25, 0.3) is 9.84 Å². The number of nitrogens with zero attached hydrogens (tertiary/aromatic N) is 4. The SMILES string of the molecule is O=c1n(Cc2ccnc(C3=NCCN3)c2)cc(O)n1-c1ccc(S(=O)(=O)C(F)(F)F)cc1. The fourth-order valence-electron chi connectivity index (χ4n) is 3.21. The van der Waals surface area contributed by atoms with E-state index in [-0.39, 0.29) is 12.2 Å². The van der Waals surface area contributed by atoms with Crippen molar-refractivity contribution in [3.8, 4) is 11.6 Å². The fraction of sp³-hybridized carbons (Fsp3) is 0.211. The molecule has 168 valence electrons. The lowest BCUT2D eigenvalue weighted by Gasteiger charge is -2.09. The second-order valence-electron chi connectivity index (χ2n) is 6.88. The number of aliphatic imine (C=N–C) groups is 1. The van der Waals surface area contributed by atoms with Crippen LogP contribution in [0.15, 0.2) is 63.5 Å². The lowest BCUT2D eigenvalue weighted by atomic mass is 10.2. The summed E-state index contributed by atoms with van der Waals surface area (Å²) < 4.78 is 63.2. The largest absolute Gasteiger partial charge is 0.501 e. The van der Waals surface area contributed by atoms with Crippen molar-refractivity contribution in [2.45, 2.75) is 16.9 Å². The Kier molecular flexibility index (Phi) is 5.28. The summed E-state index contributed by atoms with van der Waals surface area (Å²) in [4.78, 5) is 20.4. The summed E-state index contributed by atoms with van der Waals surface area (Å²) in [7, 11) is -5.52. The highest BCUT2D eigenvalue weighted by Crippen LogP contribution is 2.30. The molecule has 0 saturated heterocycles. The molecule has 13 heteroatoms. The quantitative estimate of drug-likeness (QED) is 0.586. The van der Waals surface area contributed by atoms with Gasteiger partial charge in [0.15, 0.2) is 0 Å². The Morgan fingerprint density at radius 2 is 1.88 bits per heavy atom. The molecule has 0 bridgehead atoms. The third-order valence-electron chi connectivity index (χ3n) is 4.74. The maximum atomic E-state index is 12.8. The number of hydrogen-bond donors (Lipinski definition) is 2. The summed E-state index contributed by atoms with van der Waals surface area (Å²) in [6, 6.07) is 6.92. The van der Waals surface area contributed by atoms with Gasteiger partial charge in [-0.3, -0.25) is 14.5 Å². The molecule has 0 saturated carbocycles. The van der Waals surface area contributed by atoms with Crippen LogP contribution in [0.1, 0.15) is 11.3 Å². The second kappa shape index (κ2) is 7.82. The van der Waals surface area contributed by atoms with Crippen molar-refractivity contribution in [1.82, 2.24) is 19.4 Å². The van der Waals surface area contributed by atoms with Crippen LogP contribution in [0, 0.1) is 0 Å². The molecule has 0 unspecified atom stereocenters. The van der Waals surface area contributed by atoms with Crippen molar-refractivity contribution in [3.05, 3.63) is 70.5 Å². The number of aromatic hydroxyl groups is 1. The third kappa shape index (κ3) is 3.86. The van der Waals surface area contributed by atoms with Crippen LogP contribution in [-0.4, -0.2) is 52.1 Å². The molecule has 0 atom stereocenters. The first kappa shape index (κ1) is 21.6. The van der Waals surface area contributed by atoms with E-state index < -0.39 is 31.8 Å². The van der Waals surface area contributed by atoms with E-state index in [1.165, 1.54) is 10.8 Å². The van der Waals surface area contributed by atoms with Crippen LogP contribution in [0.5, 0.6) is 5.88 Å². The van der Waals surface area contributed by atoms with Gasteiger partial charge in [-0.2, -0.15) is 13.2 Å². The number of benzene rings is 1. The van der Waals surface area contributed by atoms with E-state index in [9.17, 15) is 31.5 Å². The molecule has 0 radical (unpaired) electrons. The zero-order chi connectivity index (χ0) is 23.1. The van der Waals surface area contributed by atoms with Crippen LogP contribution in [-0.2, 0) is 16.4 Å². The topological polar surface area (TPSA) is 119 Å². The molecular formula is C19H16F3N5O4S. The highest BCUT2D eigenvalue weighted by molar-refractivity contribution is 7.92. The van der Waals surface area contributed by atoms with Gasteiger partial charge >= 0.3 is 11.2 Å². The summed E-state index contributed by atoms with van der Waals surface area (Å²) in [6.07, 6.45) is 2.74. The molecule has 0 fully saturated rings. The first-order valence-electron chi connectivity index (χ1n) is 9.24. The standard InChI is InChI=1S/C19H16F3N5O4S/c20-19(21,22)32(30,31)14-3-1-13(2-4-14)27-16(28)11-26(18(27)29)10-12-5-6-23-15(9-12)17-24-7-8-25-17/h1-6,9,11,28H,7-8,10H2,(H,24,25). The first-order valence-corrected chi connectivity index (χ1v) is 10.7. The van der Waals surface area contributed by atoms with Crippen LogP contribution in [0.25, 0.3) is 5.69 Å². The number of pyridine rings is 1. The molecule has 1 aromatic carbocycles. The van der Waals surface area contributed by atoms with Crippen LogP contribution in [0.4, 0.5) is 13.2 Å². The zero-order valence-electron chi connectivity index (χ0n) is 16.2. The molecule has 1 aliphatic heterocycles. The Hall–Kier alpha value is -3.61. The number of imidazole rings is 1. The van der Waals surface area contributed by atoms with Gasteiger partial charge in [-0.15, -0.1) is 0 Å². The number of aromatic nitrogens is 3. The predicted molar refractivity (Wildman–Crippen MR) is 108 cm³/mol. The number of hydrogen-bond acceptors (Lipinski definition) is 7. The van der Waals surface area contributed by atoms with E-state index in [0.717, 1.165) is 28.8 Å². The van der Waals surface area contributed by atoms with Crippen LogP contribution in [0.2, 0.25) is 0 Å². The normalized spacial score (nSPS) is 14.3. The average Bonchev–Trinajstić information content (AvgIpc) is 3.36. The molecule has 4 rings (SSSR count). The first-order chi connectivity index (χ1) is 15.1. The van der Waals surface area contributed by atoms with E-state index in [1.54, 1.807) is 18.3 Å². The third-order valence-corrected chi connectivity index (χ3v) is 6.24. The van der Waals surface area contributed by atoms with Gasteiger partial charge in [0.2, 0.25) is 5.88 Å². The van der Waals surface area contributed by atoms with Crippen LogP contribution >= 0.6 is 0 Å². The van der Waals surface area contributed by atoms with Gasteiger partial charge in [0, 0.05) is 12.7 Å². The van der Waals surface area contributed by atoms with Gasteiger partial charge in [-0.1, -0.05) is 0 Å². The molecule has 32 heavy (non-hydrogen) atoms. The summed E-state index contributed by atoms with van der Waals surface area (Å²) in [5.74, 6) is 0.186. The predicted octanol–water partition coefficient (Wildman–Crippen LogP) is 1.43. The van der Waals surface area contributed by atoms with Gasteiger partial charge in [-0.25, -0.2) is 17.8 Å². The van der Waals surface area contributed by atoms with Crippen molar-refractivity contribution in [1.29, 1.82) is 0 Å². The van der Waals surface area contributed by atoms with Gasteiger partial charge in [-0.05, 0) is 42.0 Å². The average molecular weight is 467 g/mol. The number of alkyl halides is 3. The lowest BCUT2D eigenvalue weighted by Crippen LogP contribution is -2.25. The van der Waals surface area contributed by atoms with Crippen molar-refractivity contribution in [2.24, 2.45) is 4.99 Å². The number of sulfone groups is 1. The highest BCUT2D eigenvalue weighted by Gasteiger charge is 2.46. The molecule has 0 spiro atoms. The highest BCUT2D eigenvalue weighted by atomic mass is 32.2. The fourth-order valence-corrected chi connectivity index (χ4v) is 3.97. The van der Waals surface area contributed by atoms with Crippen LogP contribution < -0.4 is 11.0 Å². The maximum absolute atomic E-state index is 12.8. The molecule has 0 amide bonds. The summed E-state index contributed by atoms with van der Waals surface area (Å²) in [5.41, 5.74) is -4.79. The Labute approximate surface area is 179 Å². The summed E-state index contributed by atoms with van der Waals surface area (Å²) >= 11 is 0. The van der Waals surface area contributed by atoms with Crippen LogP contribution in [0.3, 0.4) is 0 Å². The molecule has 3 aromatic rings.